The van der Waals surface area contributed by atoms with Gasteiger partial charge in [-0.05, 0) is 32.7 Å². The number of piperidine rings is 1. The summed E-state index contributed by atoms with van der Waals surface area (Å²) in [5.74, 6) is -0.589. The van der Waals surface area contributed by atoms with Crippen LogP contribution < -0.4 is 5.73 Å². The van der Waals surface area contributed by atoms with Crippen molar-refractivity contribution in [2.45, 2.75) is 37.9 Å². The standard InChI is InChI=1S/C13H26N2O4/c1-13(17,12(16)18-2)10-15-7-4-11(5-8-15)19-9-3-6-14/h11,17H,3-10,14H2,1-2H3. The van der Waals surface area contributed by atoms with E-state index in [1.807, 2.05) is 0 Å². The summed E-state index contributed by atoms with van der Waals surface area (Å²) in [5, 5.41) is 10.0. The maximum Gasteiger partial charge on any atom is 0.338 e. The zero-order chi connectivity index (χ0) is 14.3. The molecule has 1 heterocycles. The van der Waals surface area contributed by atoms with Gasteiger partial charge < -0.3 is 20.3 Å². The number of methoxy groups -OCH3 is 1. The summed E-state index contributed by atoms with van der Waals surface area (Å²) in [6, 6.07) is 0. The predicted octanol–water partition coefficient (Wildman–Crippen LogP) is -0.260. The Bertz CT molecular complexity index is 276. The van der Waals surface area contributed by atoms with Crippen molar-refractivity contribution < 1.29 is 19.4 Å². The van der Waals surface area contributed by atoms with E-state index in [2.05, 4.69) is 9.64 Å². The molecule has 1 aliphatic heterocycles. The van der Waals surface area contributed by atoms with Crippen LogP contribution >= 0.6 is 0 Å². The fraction of sp³-hybridized carbons (Fsp3) is 0.923. The lowest BCUT2D eigenvalue weighted by Gasteiger charge is -2.35. The van der Waals surface area contributed by atoms with E-state index in [-0.39, 0.29) is 6.10 Å². The first-order valence-corrected chi connectivity index (χ1v) is 6.84. The molecule has 6 heteroatoms. The smallest absolute Gasteiger partial charge is 0.338 e. The van der Waals surface area contributed by atoms with Crippen molar-refractivity contribution in [1.82, 2.24) is 4.90 Å². The van der Waals surface area contributed by atoms with Crippen LogP contribution in [-0.2, 0) is 14.3 Å². The second-order valence-electron chi connectivity index (χ2n) is 5.25. The number of nitrogens with zero attached hydrogens (tertiary/aromatic N) is 1. The molecule has 0 spiro atoms. The van der Waals surface area contributed by atoms with Gasteiger partial charge in [-0.2, -0.15) is 0 Å². The Hall–Kier alpha value is -0.690. The third kappa shape index (κ3) is 5.44. The summed E-state index contributed by atoms with van der Waals surface area (Å²) >= 11 is 0. The Morgan fingerprint density at radius 3 is 2.63 bits per heavy atom. The van der Waals surface area contributed by atoms with Crippen molar-refractivity contribution in [2.75, 3.05) is 39.9 Å². The first-order valence-electron chi connectivity index (χ1n) is 6.84. The molecular formula is C13H26N2O4. The molecule has 3 N–H and O–H groups in total. The number of carbonyl (C=O) groups excluding carboxylic acids is 1. The Balaban J connectivity index is 2.28. The van der Waals surface area contributed by atoms with Gasteiger partial charge in [0, 0.05) is 26.2 Å². The monoisotopic (exact) mass is 274 g/mol. The molecule has 0 saturated carbocycles. The van der Waals surface area contributed by atoms with Crippen LogP contribution in [0.1, 0.15) is 26.2 Å². The highest BCUT2D eigenvalue weighted by atomic mass is 16.5. The molecule has 1 fully saturated rings. The number of rotatable bonds is 7. The molecule has 0 amide bonds. The summed E-state index contributed by atoms with van der Waals surface area (Å²) < 4.78 is 10.3. The van der Waals surface area contributed by atoms with E-state index < -0.39 is 11.6 Å². The molecular weight excluding hydrogens is 248 g/mol. The molecule has 0 aliphatic carbocycles. The summed E-state index contributed by atoms with van der Waals surface area (Å²) in [5.41, 5.74) is 3.97. The number of ether oxygens (including phenoxy) is 2. The van der Waals surface area contributed by atoms with E-state index in [4.69, 9.17) is 10.5 Å². The lowest BCUT2D eigenvalue weighted by molar-refractivity contribution is -0.162. The molecule has 0 aromatic carbocycles. The zero-order valence-electron chi connectivity index (χ0n) is 11.9. The molecule has 1 rings (SSSR count). The first kappa shape index (κ1) is 16.4. The summed E-state index contributed by atoms with van der Waals surface area (Å²) in [4.78, 5) is 13.5. The van der Waals surface area contributed by atoms with E-state index in [9.17, 15) is 9.90 Å². The molecule has 1 unspecified atom stereocenters. The highest BCUT2D eigenvalue weighted by molar-refractivity contribution is 5.78. The Labute approximate surface area is 114 Å². The Morgan fingerprint density at radius 2 is 2.11 bits per heavy atom. The average molecular weight is 274 g/mol. The van der Waals surface area contributed by atoms with Crippen LogP contribution in [0.15, 0.2) is 0 Å². The number of likely N-dealkylation sites (tertiary alicyclic amines) is 1. The van der Waals surface area contributed by atoms with Crippen molar-refractivity contribution in [1.29, 1.82) is 0 Å². The van der Waals surface area contributed by atoms with E-state index in [1.165, 1.54) is 14.0 Å². The molecule has 19 heavy (non-hydrogen) atoms. The normalized spacial score (nSPS) is 21.1. The van der Waals surface area contributed by atoms with Crippen molar-refractivity contribution >= 4 is 5.97 Å². The lowest BCUT2D eigenvalue weighted by Crippen LogP contribution is -2.50. The highest BCUT2D eigenvalue weighted by Gasteiger charge is 2.34. The van der Waals surface area contributed by atoms with Gasteiger partial charge in [0.15, 0.2) is 5.60 Å². The summed E-state index contributed by atoms with van der Waals surface area (Å²) in [6.45, 7) is 4.79. The number of esters is 1. The fourth-order valence-electron chi connectivity index (χ4n) is 2.29. The largest absolute Gasteiger partial charge is 0.467 e. The van der Waals surface area contributed by atoms with Gasteiger partial charge in [-0.1, -0.05) is 0 Å². The average Bonchev–Trinajstić information content (AvgIpc) is 2.39. The summed E-state index contributed by atoms with van der Waals surface area (Å²) in [6.07, 6.45) is 2.99. The van der Waals surface area contributed by atoms with Gasteiger partial charge in [0.05, 0.1) is 13.2 Å². The summed E-state index contributed by atoms with van der Waals surface area (Å²) in [7, 11) is 1.29. The topological polar surface area (TPSA) is 85.0 Å². The van der Waals surface area contributed by atoms with Crippen molar-refractivity contribution in [2.24, 2.45) is 5.73 Å². The van der Waals surface area contributed by atoms with E-state index in [1.54, 1.807) is 0 Å². The van der Waals surface area contributed by atoms with Gasteiger partial charge in [0.1, 0.15) is 0 Å². The van der Waals surface area contributed by atoms with Gasteiger partial charge in [0.25, 0.3) is 0 Å². The first-order chi connectivity index (χ1) is 8.99. The fourth-order valence-corrected chi connectivity index (χ4v) is 2.29. The van der Waals surface area contributed by atoms with E-state index >= 15 is 0 Å². The van der Waals surface area contributed by atoms with Gasteiger partial charge in [-0.3, -0.25) is 4.90 Å². The maximum atomic E-state index is 11.4. The maximum absolute atomic E-state index is 11.4. The molecule has 0 aromatic rings. The zero-order valence-corrected chi connectivity index (χ0v) is 11.9. The van der Waals surface area contributed by atoms with Gasteiger partial charge >= 0.3 is 5.97 Å². The van der Waals surface area contributed by atoms with Gasteiger partial charge in [0.2, 0.25) is 0 Å². The Kier molecular flexibility index (Phi) is 6.71. The van der Waals surface area contributed by atoms with Crippen LogP contribution in [0.4, 0.5) is 0 Å². The van der Waals surface area contributed by atoms with E-state index in [0.29, 0.717) is 19.7 Å². The highest BCUT2D eigenvalue weighted by Crippen LogP contribution is 2.17. The van der Waals surface area contributed by atoms with Crippen molar-refractivity contribution in [3.8, 4) is 0 Å². The van der Waals surface area contributed by atoms with Crippen molar-refractivity contribution in [3.05, 3.63) is 0 Å². The van der Waals surface area contributed by atoms with Crippen LogP contribution in [0.5, 0.6) is 0 Å². The molecule has 1 saturated heterocycles. The number of β-amino-alcohol motifs (C(OH)–C–C–N with tert-alkyl or cyclic N) is 1. The van der Waals surface area contributed by atoms with Crippen LogP contribution in [0, 0.1) is 0 Å². The lowest BCUT2D eigenvalue weighted by atomic mass is 10.0. The minimum absolute atomic E-state index is 0.269. The van der Waals surface area contributed by atoms with Crippen LogP contribution in [0.2, 0.25) is 0 Å². The number of nitrogens with two attached hydrogens (primary N) is 1. The molecule has 0 bridgehead atoms. The minimum atomic E-state index is -1.44. The second kappa shape index (κ2) is 7.79. The van der Waals surface area contributed by atoms with Gasteiger partial charge in [-0.25, -0.2) is 4.79 Å². The second-order valence-corrected chi connectivity index (χ2v) is 5.25. The number of carbonyl (C=O) groups is 1. The van der Waals surface area contributed by atoms with Crippen LogP contribution in [0.25, 0.3) is 0 Å². The van der Waals surface area contributed by atoms with Gasteiger partial charge in [-0.15, -0.1) is 0 Å². The number of hydrogen-bond donors (Lipinski definition) is 2. The number of aliphatic hydroxyl groups is 1. The quantitative estimate of drug-likeness (QED) is 0.491. The minimum Gasteiger partial charge on any atom is -0.467 e. The molecule has 1 atom stereocenters. The molecule has 112 valence electrons. The third-order valence-electron chi connectivity index (χ3n) is 3.39. The molecule has 0 radical (unpaired) electrons. The Morgan fingerprint density at radius 1 is 1.47 bits per heavy atom. The van der Waals surface area contributed by atoms with Crippen molar-refractivity contribution in [3.63, 3.8) is 0 Å². The molecule has 1 aliphatic rings. The van der Waals surface area contributed by atoms with E-state index in [0.717, 1.165) is 32.4 Å². The van der Waals surface area contributed by atoms with Crippen LogP contribution in [-0.4, -0.2) is 67.6 Å². The van der Waals surface area contributed by atoms with Crippen LogP contribution in [0.3, 0.4) is 0 Å². The molecule has 0 aromatic heterocycles. The third-order valence-corrected chi connectivity index (χ3v) is 3.39. The predicted molar refractivity (Wildman–Crippen MR) is 71.7 cm³/mol. The molecule has 6 nitrogen and oxygen atoms in total. The number of hydrogen-bond acceptors (Lipinski definition) is 6. The SMILES string of the molecule is COC(=O)C(C)(O)CN1CCC(OCCCN)CC1.